The minimum Gasteiger partial charge on any atom is -0.480 e. The summed E-state index contributed by atoms with van der Waals surface area (Å²) in [6.07, 6.45) is 1.70. The summed E-state index contributed by atoms with van der Waals surface area (Å²) in [6.45, 7) is 0.595. The van der Waals surface area contributed by atoms with Crippen LogP contribution in [0.25, 0.3) is 0 Å². The molecular weight excluding hydrogens is 232 g/mol. The average Bonchev–Trinajstić information content (AvgIpc) is 2.42. The van der Waals surface area contributed by atoms with Crippen LogP contribution in [-0.2, 0) is 13.1 Å². The second-order valence-electron chi connectivity index (χ2n) is 3.74. The number of hydrogen-bond acceptors (Lipinski definition) is 5. The molecule has 2 aromatic rings. The molecule has 6 nitrogen and oxygen atoms in total. The summed E-state index contributed by atoms with van der Waals surface area (Å²) in [4.78, 5) is 11.9. The summed E-state index contributed by atoms with van der Waals surface area (Å²) in [6, 6.07) is 6.99. The van der Waals surface area contributed by atoms with E-state index in [4.69, 9.17) is 10.5 Å². The van der Waals surface area contributed by atoms with E-state index >= 15 is 0 Å². The van der Waals surface area contributed by atoms with E-state index in [-0.39, 0.29) is 12.1 Å². The maximum atomic E-state index is 11.9. The van der Waals surface area contributed by atoms with Gasteiger partial charge < -0.3 is 15.0 Å². The van der Waals surface area contributed by atoms with Crippen molar-refractivity contribution in [3.63, 3.8) is 0 Å². The molecule has 2 N–H and O–H groups in total. The topological polar surface area (TPSA) is 83.0 Å². The Kier molecular flexibility index (Phi) is 3.69. The first-order valence-corrected chi connectivity index (χ1v) is 5.49. The van der Waals surface area contributed by atoms with Gasteiger partial charge in [0.15, 0.2) is 0 Å². The van der Waals surface area contributed by atoms with Crippen molar-refractivity contribution in [2.75, 3.05) is 7.11 Å². The van der Waals surface area contributed by atoms with E-state index in [0.29, 0.717) is 23.7 Å². The summed E-state index contributed by atoms with van der Waals surface area (Å²) in [5.41, 5.74) is 6.66. The van der Waals surface area contributed by atoms with E-state index in [2.05, 4.69) is 10.2 Å². The van der Waals surface area contributed by atoms with Gasteiger partial charge in [0.25, 0.3) is 5.56 Å². The lowest BCUT2D eigenvalue weighted by Crippen LogP contribution is -2.25. The van der Waals surface area contributed by atoms with Gasteiger partial charge in [0.1, 0.15) is 0 Å². The maximum Gasteiger partial charge on any atom is 0.255 e. The standard InChI is InChI=1S/C12H14N4O2/c1-18-11-5-4-10(14-15-11)8-16-6-2-3-9(7-13)12(16)17/h2-6H,7-8,13H2,1H3. The Balaban J connectivity index is 2.25. The van der Waals surface area contributed by atoms with Crippen LogP contribution in [0.1, 0.15) is 11.3 Å². The molecule has 2 aromatic heterocycles. The third-order valence-electron chi connectivity index (χ3n) is 2.56. The van der Waals surface area contributed by atoms with Crippen molar-refractivity contribution in [1.29, 1.82) is 0 Å². The van der Waals surface area contributed by atoms with E-state index in [1.165, 1.54) is 7.11 Å². The van der Waals surface area contributed by atoms with E-state index in [1.54, 1.807) is 35.0 Å². The third kappa shape index (κ3) is 2.54. The molecule has 0 aliphatic carbocycles. The van der Waals surface area contributed by atoms with Gasteiger partial charge >= 0.3 is 0 Å². The van der Waals surface area contributed by atoms with Crippen molar-refractivity contribution in [2.24, 2.45) is 5.73 Å². The second kappa shape index (κ2) is 5.42. The molecule has 0 saturated carbocycles. The fourth-order valence-electron chi connectivity index (χ4n) is 1.58. The Bertz CT molecular complexity index is 577. The van der Waals surface area contributed by atoms with Gasteiger partial charge in [-0.3, -0.25) is 4.79 Å². The van der Waals surface area contributed by atoms with Crippen molar-refractivity contribution in [1.82, 2.24) is 14.8 Å². The van der Waals surface area contributed by atoms with Crippen LogP contribution in [0.3, 0.4) is 0 Å². The molecule has 94 valence electrons. The van der Waals surface area contributed by atoms with Crippen LogP contribution in [0.2, 0.25) is 0 Å². The highest BCUT2D eigenvalue weighted by Crippen LogP contribution is 2.04. The first-order valence-electron chi connectivity index (χ1n) is 5.49. The minimum atomic E-state index is -0.0994. The van der Waals surface area contributed by atoms with E-state index in [1.807, 2.05) is 0 Å². The number of hydrogen-bond donors (Lipinski definition) is 1. The van der Waals surface area contributed by atoms with E-state index in [9.17, 15) is 4.79 Å². The predicted molar refractivity (Wildman–Crippen MR) is 66.3 cm³/mol. The smallest absolute Gasteiger partial charge is 0.255 e. The van der Waals surface area contributed by atoms with Gasteiger partial charge in [0.05, 0.1) is 19.3 Å². The molecule has 0 unspecified atom stereocenters. The van der Waals surface area contributed by atoms with Gasteiger partial charge in [-0.05, 0) is 12.1 Å². The SMILES string of the molecule is COc1ccc(Cn2cccc(CN)c2=O)nn1. The number of aromatic nitrogens is 3. The second-order valence-corrected chi connectivity index (χ2v) is 3.74. The van der Waals surface area contributed by atoms with Gasteiger partial charge in [-0.15, -0.1) is 10.2 Å². The quantitative estimate of drug-likeness (QED) is 0.830. The number of nitrogens with two attached hydrogens (primary N) is 1. The van der Waals surface area contributed by atoms with Crippen LogP contribution >= 0.6 is 0 Å². The summed E-state index contributed by atoms with van der Waals surface area (Å²) in [7, 11) is 1.53. The van der Waals surface area contributed by atoms with Crippen LogP contribution < -0.4 is 16.0 Å². The molecule has 18 heavy (non-hydrogen) atoms. The van der Waals surface area contributed by atoms with Crippen LogP contribution in [-0.4, -0.2) is 21.9 Å². The van der Waals surface area contributed by atoms with Crippen LogP contribution in [0.15, 0.2) is 35.3 Å². The Morgan fingerprint density at radius 2 is 2.17 bits per heavy atom. The fourth-order valence-corrected chi connectivity index (χ4v) is 1.58. The van der Waals surface area contributed by atoms with E-state index in [0.717, 1.165) is 0 Å². The molecule has 0 bridgehead atoms. The van der Waals surface area contributed by atoms with Gasteiger partial charge in [0, 0.05) is 24.4 Å². The number of nitrogens with zero attached hydrogens (tertiary/aromatic N) is 3. The largest absolute Gasteiger partial charge is 0.480 e. The fraction of sp³-hybridized carbons (Fsp3) is 0.250. The molecule has 2 rings (SSSR count). The summed E-state index contributed by atoms with van der Waals surface area (Å²) in [5.74, 6) is 0.446. The number of ether oxygens (including phenoxy) is 1. The highest BCUT2D eigenvalue weighted by atomic mass is 16.5. The number of rotatable bonds is 4. The van der Waals surface area contributed by atoms with Crippen LogP contribution in [0.4, 0.5) is 0 Å². The Hall–Kier alpha value is -2.21. The van der Waals surface area contributed by atoms with Gasteiger partial charge in [0.2, 0.25) is 5.88 Å². The molecule has 0 amide bonds. The third-order valence-corrected chi connectivity index (χ3v) is 2.56. The van der Waals surface area contributed by atoms with Crippen molar-refractivity contribution in [3.05, 3.63) is 52.1 Å². The normalized spacial score (nSPS) is 10.3. The Labute approximate surface area is 104 Å². The Morgan fingerprint density at radius 1 is 1.33 bits per heavy atom. The maximum absolute atomic E-state index is 11.9. The van der Waals surface area contributed by atoms with Crippen molar-refractivity contribution in [3.8, 4) is 5.88 Å². The predicted octanol–water partition coefficient (Wildman–Crippen LogP) is 0.154. The minimum absolute atomic E-state index is 0.0994. The average molecular weight is 246 g/mol. The molecule has 0 fully saturated rings. The van der Waals surface area contributed by atoms with Gasteiger partial charge in [-0.25, -0.2) is 0 Å². The zero-order valence-corrected chi connectivity index (χ0v) is 10.0. The monoisotopic (exact) mass is 246 g/mol. The zero-order valence-electron chi connectivity index (χ0n) is 10.0. The highest BCUT2D eigenvalue weighted by molar-refractivity contribution is 5.14. The summed E-state index contributed by atoms with van der Waals surface area (Å²) >= 11 is 0. The molecule has 6 heteroatoms. The lowest BCUT2D eigenvalue weighted by atomic mass is 10.2. The first-order chi connectivity index (χ1) is 8.74. The lowest BCUT2D eigenvalue weighted by Gasteiger charge is -2.06. The molecule has 2 heterocycles. The number of methoxy groups -OCH3 is 1. The molecule has 0 aromatic carbocycles. The summed E-state index contributed by atoms with van der Waals surface area (Å²) in [5, 5.41) is 7.83. The lowest BCUT2D eigenvalue weighted by molar-refractivity contribution is 0.391. The zero-order chi connectivity index (χ0) is 13.0. The van der Waals surface area contributed by atoms with Gasteiger partial charge in [-0.1, -0.05) is 6.07 Å². The van der Waals surface area contributed by atoms with Crippen molar-refractivity contribution >= 4 is 0 Å². The van der Waals surface area contributed by atoms with Crippen molar-refractivity contribution < 1.29 is 4.74 Å². The van der Waals surface area contributed by atoms with E-state index < -0.39 is 0 Å². The van der Waals surface area contributed by atoms with Gasteiger partial charge in [-0.2, -0.15) is 0 Å². The molecule has 0 aliphatic rings. The Morgan fingerprint density at radius 3 is 2.78 bits per heavy atom. The van der Waals surface area contributed by atoms with Crippen LogP contribution in [0.5, 0.6) is 5.88 Å². The first kappa shape index (κ1) is 12.3. The molecule has 0 aliphatic heterocycles. The molecular formula is C12H14N4O2. The molecule has 0 atom stereocenters. The van der Waals surface area contributed by atoms with Crippen LogP contribution in [0, 0.1) is 0 Å². The molecule has 0 spiro atoms. The molecule has 0 radical (unpaired) electrons. The highest BCUT2D eigenvalue weighted by Gasteiger charge is 2.03. The summed E-state index contributed by atoms with van der Waals surface area (Å²) < 4.78 is 6.48. The van der Waals surface area contributed by atoms with Crippen molar-refractivity contribution in [2.45, 2.75) is 13.1 Å². The molecule has 0 saturated heterocycles. The number of pyridine rings is 1.